The van der Waals surface area contributed by atoms with Crippen molar-refractivity contribution in [3.05, 3.63) is 75.3 Å². The summed E-state index contributed by atoms with van der Waals surface area (Å²) in [6, 6.07) is 2.39. The summed E-state index contributed by atoms with van der Waals surface area (Å²) < 4.78 is 89.2. The summed E-state index contributed by atoms with van der Waals surface area (Å²) in [5.41, 5.74) is 1.58. The van der Waals surface area contributed by atoms with E-state index < -0.39 is 41.4 Å². The molecule has 0 fully saturated rings. The summed E-state index contributed by atoms with van der Waals surface area (Å²) in [6.45, 7) is 2.09. The normalized spacial score (nSPS) is 12.2. The number of nitrogens with one attached hydrogen (secondary N) is 1. The number of carbonyl (C=O) groups excluding carboxylic acids is 1. The molecule has 3 rings (SSSR count). The van der Waals surface area contributed by atoms with Crippen LogP contribution in [0.15, 0.2) is 41.7 Å². The first-order valence-electron chi connectivity index (χ1n) is 11.6. The van der Waals surface area contributed by atoms with Crippen LogP contribution >= 0.6 is 0 Å². The van der Waals surface area contributed by atoms with Gasteiger partial charge in [0, 0.05) is 31.5 Å². The summed E-state index contributed by atoms with van der Waals surface area (Å²) in [4.78, 5) is 31.0. The second-order valence-corrected chi connectivity index (χ2v) is 8.39. The third-order valence-electron chi connectivity index (χ3n) is 5.23. The van der Waals surface area contributed by atoms with E-state index in [-0.39, 0.29) is 29.1 Å². The minimum Gasteiger partial charge on any atom is -0.397 e. The van der Waals surface area contributed by atoms with Crippen molar-refractivity contribution >= 4 is 18.0 Å². The number of aromatic nitrogens is 4. The van der Waals surface area contributed by atoms with E-state index in [0.29, 0.717) is 18.3 Å². The van der Waals surface area contributed by atoms with Crippen LogP contribution in [0.2, 0.25) is 0 Å². The van der Waals surface area contributed by atoms with E-state index in [1.54, 1.807) is 29.3 Å². The van der Waals surface area contributed by atoms with Crippen LogP contribution in [0.3, 0.4) is 0 Å². The van der Waals surface area contributed by atoms with Crippen molar-refractivity contribution in [3.63, 3.8) is 0 Å². The van der Waals surface area contributed by atoms with Gasteiger partial charge in [-0.2, -0.15) is 18.3 Å². The molecule has 0 spiro atoms. The zero-order chi connectivity index (χ0) is 30.0. The fourth-order valence-electron chi connectivity index (χ4n) is 3.30. The van der Waals surface area contributed by atoms with Gasteiger partial charge in [-0.05, 0) is 36.4 Å². The first-order valence-corrected chi connectivity index (χ1v) is 11.6. The number of nitrogens with zero attached hydrogens (tertiary/aromatic N) is 4. The number of anilines is 1. The maximum absolute atomic E-state index is 14.3. The predicted molar refractivity (Wildman–Crippen MR) is 134 cm³/mol. The second-order valence-electron chi connectivity index (χ2n) is 8.39. The molecule has 8 nitrogen and oxygen atoms in total. The van der Waals surface area contributed by atoms with Crippen molar-refractivity contribution in [1.29, 1.82) is 0 Å². The number of carbonyl (C=O) groups is 1. The first-order chi connectivity index (χ1) is 18.8. The zero-order valence-electron chi connectivity index (χ0n) is 21.2. The number of aromatic amines is 1. The fourth-order valence-corrected chi connectivity index (χ4v) is 3.30. The molecule has 2 aromatic heterocycles. The Balaban J connectivity index is 0.000000389. The number of hydrogen-bond acceptors (Lipinski definition) is 7. The minimum absolute atomic E-state index is 0.0249. The van der Waals surface area contributed by atoms with Crippen molar-refractivity contribution in [1.82, 2.24) is 25.1 Å². The van der Waals surface area contributed by atoms with Gasteiger partial charge in [0.2, 0.25) is 0 Å². The summed E-state index contributed by atoms with van der Waals surface area (Å²) in [7, 11) is 1.69. The van der Waals surface area contributed by atoms with Gasteiger partial charge in [-0.3, -0.25) is 9.59 Å². The molecule has 3 aromatic rings. The quantitative estimate of drug-likeness (QED) is 0.258. The molecule has 1 aromatic carbocycles. The highest BCUT2D eigenvalue weighted by Crippen LogP contribution is 2.29. The maximum atomic E-state index is 14.3. The fraction of sp³-hybridized carbons (Fsp3) is 0.320. The van der Waals surface area contributed by atoms with Crippen LogP contribution in [-0.4, -0.2) is 51.1 Å². The van der Waals surface area contributed by atoms with Crippen LogP contribution in [0.5, 0.6) is 0 Å². The number of nitrogen functional groups attached to an aromatic ring is 1. The van der Waals surface area contributed by atoms with Crippen molar-refractivity contribution in [3.8, 4) is 11.4 Å². The van der Waals surface area contributed by atoms with Gasteiger partial charge in [-0.1, -0.05) is 13.3 Å². The third-order valence-corrected chi connectivity index (χ3v) is 5.23. The average molecular weight is 575 g/mol. The molecule has 0 saturated heterocycles. The van der Waals surface area contributed by atoms with Crippen LogP contribution in [0.25, 0.3) is 17.5 Å². The summed E-state index contributed by atoms with van der Waals surface area (Å²) in [5, 5.41) is 4.74. The van der Waals surface area contributed by atoms with Crippen LogP contribution in [0, 0.1) is 5.82 Å². The van der Waals surface area contributed by atoms with Crippen LogP contribution < -0.4 is 11.3 Å². The Hall–Kier alpha value is -4.30. The number of hydrogen-bond donors (Lipinski definition) is 2. The Morgan fingerprint density at radius 3 is 2.25 bits per heavy atom. The van der Waals surface area contributed by atoms with Gasteiger partial charge in [0.1, 0.15) is 17.6 Å². The molecule has 2 heterocycles. The number of aldehydes is 1. The smallest absolute Gasteiger partial charge is 0.397 e. The van der Waals surface area contributed by atoms with Crippen molar-refractivity contribution in [2.45, 2.75) is 38.5 Å². The Morgan fingerprint density at radius 1 is 1.10 bits per heavy atom. The second kappa shape index (κ2) is 14.2. The Bertz CT molecular complexity index is 1360. The topological polar surface area (TPSA) is 118 Å². The highest BCUT2D eigenvalue weighted by Gasteiger charge is 2.36. The average Bonchev–Trinajstić information content (AvgIpc) is 2.87. The molecule has 15 heteroatoms. The maximum Gasteiger partial charge on any atom is 0.423 e. The lowest BCUT2D eigenvalue weighted by Gasteiger charge is -2.17. The van der Waals surface area contributed by atoms with E-state index in [9.17, 15) is 40.3 Å². The van der Waals surface area contributed by atoms with Gasteiger partial charge in [-0.25, -0.2) is 32.6 Å². The summed E-state index contributed by atoms with van der Waals surface area (Å²) in [5.74, 6) is -0.821. The lowest BCUT2D eigenvalue weighted by Crippen LogP contribution is -2.24. The SMILES string of the molecule is CCCC(F)CN(C)/C=C\c1cc(-c2ncc(C(F)F)cn2)c(F)cc1C=O.Nc1cn[nH]c(=O)c1C(F)(F)F. The van der Waals surface area contributed by atoms with Gasteiger partial charge in [-0.15, -0.1) is 0 Å². The van der Waals surface area contributed by atoms with Crippen LogP contribution in [0.1, 0.15) is 53.2 Å². The monoisotopic (exact) mass is 574 g/mol. The van der Waals surface area contributed by atoms with Gasteiger partial charge in [0.15, 0.2) is 12.1 Å². The summed E-state index contributed by atoms with van der Waals surface area (Å²) in [6.07, 6.45) is -1.01. The molecule has 40 heavy (non-hydrogen) atoms. The molecule has 0 aliphatic rings. The van der Waals surface area contributed by atoms with E-state index in [1.165, 1.54) is 6.07 Å². The van der Waals surface area contributed by atoms with E-state index in [1.807, 2.05) is 6.92 Å². The van der Waals surface area contributed by atoms with Crippen LogP contribution in [-0.2, 0) is 6.18 Å². The van der Waals surface area contributed by atoms with Gasteiger partial charge in [0.05, 0.1) is 23.0 Å². The van der Waals surface area contributed by atoms with Gasteiger partial charge >= 0.3 is 6.18 Å². The Labute approximate surface area is 223 Å². The number of benzene rings is 1. The number of halogens is 7. The molecular formula is C25H25F7N6O2. The van der Waals surface area contributed by atoms with Crippen molar-refractivity contribution in [2.75, 3.05) is 19.3 Å². The molecule has 0 saturated carbocycles. The molecule has 0 amide bonds. The van der Waals surface area contributed by atoms with Crippen LogP contribution in [0.4, 0.5) is 36.4 Å². The zero-order valence-corrected chi connectivity index (χ0v) is 21.2. The van der Waals surface area contributed by atoms with E-state index in [4.69, 9.17) is 5.73 Å². The number of nitrogens with two attached hydrogens (primary N) is 1. The Morgan fingerprint density at radius 2 is 1.75 bits per heavy atom. The lowest BCUT2D eigenvalue weighted by atomic mass is 10.0. The number of alkyl halides is 6. The standard InChI is InChI=1S/C20H21F4N3O.C5H4F3N3O/c1-3-4-16(21)11-27(2)6-5-13-7-17(18(22)8-14(13)12-28)20-25-9-15(10-26-20)19(23)24;6-5(7,8)3-2(9)1-10-11-4(3)12/h5-10,12,16,19H,3-4,11H2,1-2H3;1H,(H3,9,11,12)/b6-5-;. The highest BCUT2D eigenvalue weighted by molar-refractivity contribution is 5.84. The molecule has 0 radical (unpaired) electrons. The molecule has 0 aliphatic heterocycles. The van der Waals surface area contributed by atoms with Gasteiger partial charge in [0.25, 0.3) is 12.0 Å². The molecule has 1 unspecified atom stereocenters. The van der Waals surface area contributed by atoms with E-state index in [2.05, 4.69) is 15.1 Å². The Kier molecular flexibility index (Phi) is 11.3. The van der Waals surface area contributed by atoms with Gasteiger partial charge < -0.3 is 10.6 Å². The largest absolute Gasteiger partial charge is 0.423 e. The van der Waals surface area contributed by atoms with E-state index >= 15 is 0 Å². The van der Waals surface area contributed by atoms with Crippen molar-refractivity contribution < 1.29 is 35.5 Å². The summed E-state index contributed by atoms with van der Waals surface area (Å²) >= 11 is 0. The van der Waals surface area contributed by atoms with Crippen molar-refractivity contribution in [2.24, 2.45) is 0 Å². The number of H-pyrrole nitrogens is 1. The third kappa shape index (κ3) is 8.88. The molecular weight excluding hydrogens is 549 g/mol. The highest BCUT2D eigenvalue weighted by atomic mass is 19.4. The molecule has 3 N–H and O–H groups in total. The van der Waals surface area contributed by atoms with E-state index in [0.717, 1.165) is 31.1 Å². The minimum atomic E-state index is -4.74. The first kappa shape index (κ1) is 31.9. The predicted octanol–water partition coefficient (Wildman–Crippen LogP) is 5.44. The molecule has 0 bridgehead atoms. The lowest BCUT2D eigenvalue weighted by molar-refractivity contribution is -0.138. The molecule has 1 atom stereocenters. The number of rotatable bonds is 9. The molecule has 0 aliphatic carbocycles. The molecule has 216 valence electrons.